The van der Waals surface area contributed by atoms with Gasteiger partial charge in [-0.05, 0) is 72.8 Å². The van der Waals surface area contributed by atoms with Crippen molar-refractivity contribution in [3.8, 4) is 5.75 Å². The molecule has 1 aliphatic heterocycles. The smallest absolute Gasteiger partial charge is 0.263 e. The summed E-state index contributed by atoms with van der Waals surface area (Å²) in [6, 6.07) is 12.9. The number of fused-ring (bicyclic) bond motifs is 1. The minimum Gasteiger partial charge on any atom is -0.494 e. The van der Waals surface area contributed by atoms with E-state index in [0.29, 0.717) is 31.1 Å². The second-order valence-corrected chi connectivity index (χ2v) is 10.1. The molecule has 0 atom stereocenters. The molecular formula is C22H21ClN2O4S2. The van der Waals surface area contributed by atoms with Gasteiger partial charge >= 0.3 is 0 Å². The van der Waals surface area contributed by atoms with E-state index in [9.17, 15) is 13.2 Å². The summed E-state index contributed by atoms with van der Waals surface area (Å²) in [5.41, 5.74) is 1.80. The van der Waals surface area contributed by atoms with Crippen molar-refractivity contribution in [3.05, 3.63) is 74.9 Å². The summed E-state index contributed by atoms with van der Waals surface area (Å²) in [4.78, 5) is 15.9. The Bertz CT molecular complexity index is 1210. The van der Waals surface area contributed by atoms with E-state index < -0.39 is 10.0 Å². The lowest BCUT2D eigenvalue weighted by atomic mass is 10.1. The van der Waals surface area contributed by atoms with Gasteiger partial charge < -0.3 is 9.64 Å². The van der Waals surface area contributed by atoms with Crippen molar-refractivity contribution in [2.45, 2.75) is 24.8 Å². The van der Waals surface area contributed by atoms with Gasteiger partial charge in [0.15, 0.2) is 0 Å². The predicted octanol–water partition coefficient (Wildman–Crippen LogP) is 4.80. The summed E-state index contributed by atoms with van der Waals surface area (Å²) in [5, 5.41) is 2.08. The van der Waals surface area contributed by atoms with Gasteiger partial charge in [0.2, 0.25) is 0 Å². The molecule has 1 aliphatic rings. The second-order valence-electron chi connectivity index (χ2n) is 7.05. The van der Waals surface area contributed by atoms with Crippen molar-refractivity contribution < 1.29 is 17.9 Å². The third-order valence-corrected chi connectivity index (χ3v) is 7.87. The lowest BCUT2D eigenvalue weighted by Crippen LogP contribution is -2.35. The molecule has 1 amide bonds. The van der Waals surface area contributed by atoms with Crippen molar-refractivity contribution in [2.24, 2.45) is 0 Å². The van der Waals surface area contributed by atoms with Crippen LogP contribution >= 0.6 is 22.9 Å². The standard InChI is InChI=1S/C22H21ClN2O4S2/c1-2-29-18-6-4-17(5-7-18)24-31(27,28)21-13-15(3-8-19(21)23)22(26)25-11-9-20-16(14-25)10-12-30-20/h3-8,10,12-13,24H,2,9,11,14H2,1H3. The number of thiophene rings is 1. The number of amides is 1. The fourth-order valence-electron chi connectivity index (χ4n) is 3.44. The highest BCUT2D eigenvalue weighted by Gasteiger charge is 2.25. The number of benzene rings is 2. The quantitative estimate of drug-likeness (QED) is 0.554. The molecule has 0 aliphatic carbocycles. The normalized spacial score (nSPS) is 13.5. The van der Waals surface area contributed by atoms with E-state index in [2.05, 4.69) is 4.72 Å². The van der Waals surface area contributed by atoms with Crippen LogP contribution in [0.1, 0.15) is 27.7 Å². The first-order valence-corrected chi connectivity index (χ1v) is 12.5. The molecule has 4 rings (SSSR count). The number of sulfonamides is 1. The summed E-state index contributed by atoms with van der Waals surface area (Å²) in [5.74, 6) is 0.428. The predicted molar refractivity (Wildman–Crippen MR) is 123 cm³/mol. The molecule has 0 spiro atoms. The average molecular weight is 477 g/mol. The summed E-state index contributed by atoms with van der Waals surface area (Å²) in [7, 11) is -3.99. The zero-order chi connectivity index (χ0) is 22.0. The number of ether oxygens (including phenoxy) is 1. The van der Waals surface area contributed by atoms with Gasteiger partial charge in [0.05, 0.1) is 11.6 Å². The van der Waals surface area contributed by atoms with Crippen LogP contribution in [0.3, 0.4) is 0 Å². The third kappa shape index (κ3) is 4.71. The van der Waals surface area contributed by atoms with Crippen molar-refractivity contribution in [1.82, 2.24) is 4.90 Å². The van der Waals surface area contributed by atoms with E-state index in [1.807, 2.05) is 18.4 Å². The Labute approximate surface area is 190 Å². The Morgan fingerprint density at radius 2 is 1.97 bits per heavy atom. The van der Waals surface area contributed by atoms with Crippen LogP contribution in [0.4, 0.5) is 5.69 Å². The van der Waals surface area contributed by atoms with Gasteiger partial charge in [-0.3, -0.25) is 9.52 Å². The van der Waals surface area contributed by atoms with Crippen LogP contribution in [0.15, 0.2) is 58.8 Å². The first-order chi connectivity index (χ1) is 14.9. The Balaban J connectivity index is 1.56. The van der Waals surface area contributed by atoms with E-state index >= 15 is 0 Å². The summed E-state index contributed by atoms with van der Waals surface area (Å²) in [6.45, 7) is 3.51. The molecule has 6 nitrogen and oxygen atoms in total. The minimum atomic E-state index is -3.99. The monoisotopic (exact) mass is 476 g/mol. The van der Waals surface area contributed by atoms with Crippen molar-refractivity contribution in [3.63, 3.8) is 0 Å². The highest BCUT2D eigenvalue weighted by molar-refractivity contribution is 7.92. The second kappa shape index (κ2) is 8.90. The van der Waals surface area contributed by atoms with E-state index in [-0.39, 0.29) is 21.4 Å². The number of nitrogens with one attached hydrogen (secondary N) is 1. The summed E-state index contributed by atoms with van der Waals surface area (Å²) in [6.07, 6.45) is 0.802. The van der Waals surface area contributed by atoms with Crippen LogP contribution in [-0.2, 0) is 23.0 Å². The van der Waals surface area contributed by atoms with Crippen LogP contribution in [-0.4, -0.2) is 32.4 Å². The Morgan fingerprint density at radius 1 is 1.19 bits per heavy atom. The molecule has 162 valence electrons. The minimum absolute atomic E-state index is 0.0498. The molecular weight excluding hydrogens is 456 g/mol. The van der Waals surface area contributed by atoms with Crippen LogP contribution < -0.4 is 9.46 Å². The van der Waals surface area contributed by atoms with Crippen LogP contribution in [0.5, 0.6) is 5.75 Å². The van der Waals surface area contributed by atoms with Crippen LogP contribution in [0, 0.1) is 0 Å². The van der Waals surface area contributed by atoms with Crippen molar-refractivity contribution >= 4 is 44.6 Å². The first kappa shape index (κ1) is 21.7. The molecule has 1 N–H and O–H groups in total. The number of hydrogen-bond donors (Lipinski definition) is 1. The summed E-state index contributed by atoms with van der Waals surface area (Å²) >= 11 is 7.89. The molecule has 31 heavy (non-hydrogen) atoms. The third-order valence-electron chi connectivity index (χ3n) is 4.98. The van der Waals surface area contributed by atoms with Gasteiger partial charge in [0, 0.05) is 29.2 Å². The molecule has 2 aromatic carbocycles. The highest BCUT2D eigenvalue weighted by atomic mass is 35.5. The Hall–Kier alpha value is -2.55. The molecule has 1 aromatic heterocycles. The molecule has 0 saturated heterocycles. The Morgan fingerprint density at radius 3 is 2.71 bits per heavy atom. The first-order valence-electron chi connectivity index (χ1n) is 9.77. The number of carbonyl (C=O) groups excluding carboxylic acids is 1. The van der Waals surface area contributed by atoms with E-state index in [4.69, 9.17) is 16.3 Å². The van der Waals surface area contributed by atoms with Gasteiger partial charge in [0.1, 0.15) is 10.6 Å². The number of carbonyl (C=O) groups is 1. The zero-order valence-corrected chi connectivity index (χ0v) is 19.2. The van der Waals surface area contributed by atoms with Gasteiger partial charge in [-0.2, -0.15) is 0 Å². The van der Waals surface area contributed by atoms with E-state index in [0.717, 1.165) is 12.0 Å². The number of rotatable bonds is 6. The van der Waals surface area contributed by atoms with Crippen molar-refractivity contribution in [1.29, 1.82) is 0 Å². The molecule has 9 heteroatoms. The number of nitrogens with zero attached hydrogens (tertiary/aromatic N) is 1. The van der Waals surface area contributed by atoms with Gasteiger partial charge in [0.25, 0.3) is 15.9 Å². The average Bonchev–Trinajstić information content (AvgIpc) is 3.23. The number of hydrogen-bond acceptors (Lipinski definition) is 5. The Kier molecular flexibility index (Phi) is 6.22. The topological polar surface area (TPSA) is 75.7 Å². The molecule has 0 radical (unpaired) electrons. The number of anilines is 1. The molecule has 0 fully saturated rings. The molecule has 2 heterocycles. The molecule has 0 unspecified atom stereocenters. The van der Waals surface area contributed by atoms with E-state index in [1.54, 1.807) is 46.6 Å². The fraction of sp³-hybridized carbons (Fsp3) is 0.227. The largest absolute Gasteiger partial charge is 0.494 e. The maximum absolute atomic E-state index is 13.0. The number of halogens is 1. The lowest BCUT2D eigenvalue weighted by molar-refractivity contribution is 0.0735. The van der Waals surface area contributed by atoms with Gasteiger partial charge in [-0.1, -0.05) is 11.6 Å². The maximum Gasteiger partial charge on any atom is 0.263 e. The fourth-order valence-corrected chi connectivity index (χ4v) is 5.92. The molecule has 0 saturated carbocycles. The molecule has 0 bridgehead atoms. The van der Waals surface area contributed by atoms with Crippen molar-refractivity contribution in [2.75, 3.05) is 17.9 Å². The van der Waals surface area contributed by atoms with Gasteiger partial charge in [-0.15, -0.1) is 11.3 Å². The SMILES string of the molecule is CCOc1ccc(NS(=O)(=O)c2cc(C(=O)N3CCc4sccc4C3)ccc2Cl)cc1. The zero-order valence-electron chi connectivity index (χ0n) is 16.8. The molecule has 3 aromatic rings. The van der Waals surface area contributed by atoms with Crippen LogP contribution in [0.25, 0.3) is 0 Å². The van der Waals surface area contributed by atoms with E-state index in [1.165, 1.54) is 17.0 Å². The van der Waals surface area contributed by atoms with Crippen LogP contribution in [0.2, 0.25) is 5.02 Å². The lowest BCUT2D eigenvalue weighted by Gasteiger charge is -2.27. The summed E-state index contributed by atoms with van der Waals surface area (Å²) < 4.78 is 33.8. The van der Waals surface area contributed by atoms with Gasteiger partial charge in [-0.25, -0.2) is 8.42 Å². The maximum atomic E-state index is 13.0. The highest BCUT2D eigenvalue weighted by Crippen LogP contribution is 2.28.